The Morgan fingerprint density at radius 1 is 1.53 bits per heavy atom. The molecule has 1 heterocycles. The molecular weight excluding hydrogens is 195 g/mol. The number of ether oxygens (including phenoxy) is 1. The predicted molar refractivity (Wildman–Crippen MR) is 55.0 cm³/mol. The first-order valence-corrected chi connectivity index (χ1v) is 5.20. The summed E-state index contributed by atoms with van der Waals surface area (Å²) in [6.07, 6.45) is 0.235. The number of hydrogen-bond donors (Lipinski definition) is 1. The lowest BCUT2D eigenvalue weighted by atomic mass is 9.94. The Kier molecular flexibility index (Phi) is 3.03. The van der Waals surface area contributed by atoms with E-state index in [-0.39, 0.29) is 11.7 Å². The summed E-state index contributed by atoms with van der Waals surface area (Å²) in [5.74, 6) is -0.155. The van der Waals surface area contributed by atoms with Crippen LogP contribution in [-0.2, 0) is 4.74 Å². The highest BCUT2D eigenvalue weighted by Gasteiger charge is 2.25. The number of rotatable bonds is 2. The summed E-state index contributed by atoms with van der Waals surface area (Å²) in [5.41, 5.74) is 1.25. The highest BCUT2D eigenvalue weighted by atomic mass is 19.1. The third-order valence-electron chi connectivity index (χ3n) is 2.95. The Balaban J connectivity index is 2.17. The van der Waals surface area contributed by atoms with E-state index in [0.29, 0.717) is 24.3 Å². The molecule has 2 atom stereocenters. The van der Waals surface area contributed by atoms with Gasteiger partial charge < -0.3 is 9.84 Å². The number of benzene rings is 1. The molecule has 1 saturated heterocycles. The van der Waals surface area contributed by atoms with Gasteiger partial charge in [0.1, 0.15) is 5.82 Å². The Hall–Kier alpha value is -0.930. The molecule has 1 aromatic carbocycles. The lowest BCUT2D eigenvalue weighted by molar-refractivity contribution is 0.0915. The van der Waals surface area contributed by atoms with Gasteiger partial charge in [-0.05, 0) is 30.5 Å². The summed E-state index contributed by atoms with van der Waals surface area (Å²) < 4.78 is 18.5. The fourth-order valence-electron chi connectivity index (χ4n) is 1.87. The Labute approximate surface area is 88.7 Å². The summed E-state index contributed by atoms with van der Waals surface area (Å²) in [6.45, 7) is 2.97. The van der Waals surface area contributed by atoms with Gasteiger partial charge in [0, 0.05) is 12.5 Å². The fourth-order valence-corrected chi connectivity index (χ4v) is 1.87. The molecule has 2 nitrogen and oxygen atoms in total. The monoisotopic (exact) mass is 210 g/mol. The van der Waals surface area contributed by atoms with Gasteiger partial charge >= 0.3 is 0 Å². The first-order valence-electron chi connectivity index (χ1n) is 5.20. The van der Waals surface area contributed by atoms with Crippen molar-refractivity contribution in [2.75, 3.05) is 13.2 Å². The molecule has 0 spiro atoms. The van der Waals surface area contributed by atoms with Crippen molar-refractivity contribution >= 4 is 0 Å². The second-order valence-corrected chi connectivity index (χ2v) is 4.08. The number of aliphatic hydroxyl groups excluding tert-OH is 1. The molecular formula is C12H15FO2. The topological polar surface area (TPSA) is 29.5 Å². The summed E-state index contributed by atoms with van der Waals surface area (Å²) in [4.78, 5) is 0. The van der Waals surface area contributed by atoms with E-state index in [0.717, 1.165) is 6.42 Å². The molecule has 2 rings (SSSR count). The summed E-state index contributed by atoms with van der Waals surface area (Å²) in [6, 6.07) is 4.89. The normalized spacial score (nSPS) is 23.0. The predicted octanol–water partition coefficient (Wildman–Crippen LogP) is 2.20. The standard InChI is InChI=1S/C12H15FO2/c1-8-2-3-9(6-11(8)13)12(14)10-4-5-15-7-10/h2-3,6,10,12,14H,4-5,7H2,1H3. The van der Waals surface area contributed by atoms with Gasteiger partial charge in [-0.25, -0.2) is 4.39 Å². The van der Waals surface area contributed by atoms with Crippen molar-refractivity contribution in [3.8, 4) is 0 Å². The van der Waals surface area contributed by atoms with Crippen molar-refractivity contribution in [2.24, 2.45) is 5.92 Å². The molecule has 1 aliphatic heterocycles. The van der Waals surface area contributed by atoms with E-state index >= 15 is 0 Å². The smallest absolute Gasteiger partial charge is 0.126 e. The van der Waals surface area contributed by atoms with Crippen molar-refractivity contribution in [1.29, 1.82) is 0 Å². The molecule has 1 N–H and O–H groups in total. The van der Waals surface area contributed by atoms with Crippen molar-refractivity contribution in [1.82, 2.24) is 0 Å². The van der Waals surface area contributed by atoms with Crippen LogP contribution in [0.2, 0.25) is 0 Å². The highest BCUT2D eigenvalue weighted by Crippen LogP contribution is 2.29. The zero-order chi connectivity index (χ0) is 10.8. The van der Waals surface area contributed by atoms with Crippen LogP contribution in [0.5, 0.6) is 0 Å². The largest absolute Gasteiger partial charge is 0.388 e. The van der Waals surface area contributed by atoms with Crippen LogP contribution >= 0.6 is 0 Å². The minimum absolute atomic E-state index is 0.104. The molecule has 3 heteroatoms. The van der Waals surface area contributed by atoms with E-state index in [9.17, 15) is 9.50 Å². The molecule has 0 amide bonds. The molecule has 1 fully saturated rings. The van der Waals surface area contributed by atoms with Gasteiger partial charge in [-0.2, -0.15) is 0 Å². The molecule has 82 valence electrons. The molecule has 1 aromatic rings. The molecule has 1 aliphatic rings. The highest BCUT2D eigenvalue weighted by molar-refractivity contribution is 5.25. The third-order valence-corrected chi connectivity index (χ3v) is 2.95. The van der Waals surface area contributed by atoms with Crippen molar-refractivity contribution < 1.29 is 14.2 Å². The summed E-state index contributed by atoms with van der Waals surface area (Å²) in [7, 11) is 0. The average molecular weight is 210 g/mol. The zero-order valence-electron chi connectivity index (χ0n) is 8.74. The van der Waals surface area contributed by atoms with Crippen LogP contribution in [0.15, 0.2) is 18.2 Å². The number of aliphatic hydroxyl groups is 1. The number of aryl methyl sites for hydroxylation is 1. The van der Waals surface area contributed by atoms with E-state index in [4.69, 9.17) is 4.74 Å². The van der Waals surface area contributed by atoms with Crippen molar-refractivity contribution in [2.45, 2.75) is 19.4 Å². The summed E-state index contributed by atoms with van der Waals surface area (Å²) in [5, 5.41) is 9.99. The number of hydrogen-bond acceptors (Lipinski definition) is 2. The van der Waals surface area contributed by atoms with E-state index in [1.54, 1.807) is 19.1 Å². The fraction of sp³-hybridized carbons (Fsp3) is 0.500. The molecule has 0 aliphatic carbocycles. The van der Waals surface area contributed by atoms with Crippen LogP contribution in [0.4, 0.5) is 4.39 Å². The maximum atomic E-state index is 13.3. The van der Waals surface area contributed by atoms with E-state index in [2.05, 4.69) is 0 Å². The van der Waals surface area contributed by atoms with E-state index in [1.807, 2.05) is 0 Å². The SMILES string of the molecule is Cc1ccc(C(O)C2CCOC2)cc1F. The molecule has 0 bridgehead atoms. The lowest BCUT2D eigenvalue weighted by Gasteiger charge is -2.17. The first-order chi connectivity index (χ1) is 7.18. The number of halogens is 1. The van der Waals surface area contributed by atoms with Crippen molar-refractivity contribution in [3.63, 3.8) is 0 Å². The second-order valence-electron chi connectivity index (χ2n) is 4.08. The van der Waals surface area contributed by atoms with E-state index < -0.39 is 6.10 Å². The van der Waals surface area contributed by atoms with Crippen LogP contribution < -0.4 is 0 Å². The maximum Gasteiger partial charge on any atom is 0.126 e. The lowest BCUT2D eigenvalue weighted by Crippen LogP contribution is -2.12. The van der Waals surface area contributed by atoms with Gasteiger partial charge in [0.25, 0.3) is 0 Å². The molecule has 15 heavy (non-hydrogen) atoms. The van der Waals surface area contributed by atoms with Gasteiger partial charge in [-0.1, -0.05) is 12.1 Å². The first kappa shape index (κ1) is 10.6. The quantitative estimate of drug-likeness (QED) is 0.810. The van der Waals surface area contributed by atoms with E-state index in [1.165, 1.54) is 6.07 Å². The minimum atomic E-state index is -0.609. The zero-order valence-corrected chi connectivity index (χ0v) is 8.74. The molecule has 0 aromatic heterocycles. The van der Waals surface area contributed by atoms with Crippen LogP contribution in [0, 0.1) is 18.7 Å². The van der Waals surface area contributed by atoms with Gasteiger partial charge in [0.15, 0.2) is 0 Å². The van der Waals surface area contributed by atoms with Gasteiger partial charge in [-0.3, -0.25) is 0 Å². The Morgan fingerprint density at radius 3 is 2.93 bits per heavy atom. The second kappa shape index (κ2) is 4.29. The van der Waals surface area contributed by atoms with Gasteiger partial charge in [-0.15, -0.1) is 0 Å². The minimum Gasteiger partial charge on any atom is -0.388 e. The average Bonchev–Trinajstić information content (AvgIpc) is 2.74. The molecule has 0 radical (unpaired) electrons. The van der Waals surface area contributed by atoms with Crippen LogP contribution in [0.25, 0.3) is 0 Å². The van der Waals surface area contributed by atoms with Crippen molar-refractivity contribution in [3.05, 3.63) is 35.1 Å². The third kappa shape index (κ3) is 2.19. The Bertz CT molecular complexity index is 345. The van der Waals surface area contributed by atoms with Crippen LogP contribution in [0.3, 0.4) is 0 Å². The Morgan fingerprint density at radius 2 is 2.33 bits per heavy atom. The maximum absolute atomic E-state index is 13.3. The van der Waals surface area contributed by atoms with Crippen LogP contribution in [-0.4, -0.2) is 18.3 Å². The molecule has 2 unspecified atom stereocenters. The van der Waals surface area contributed by atoms with Gasteiger partial charge in [0.2, 0.25) is 0 Å². The summed E-state index contributed by atoms with van der Waals surface area (Å²) >= 11 is 0. The van der Waals surface area contributed by atoms with Gasteiger partial charge in [0.05, 0.1) is 12.7 Å². The van der Waals surface area contributed by atoms with Crippen LogP contribution in [0.1, 0.15) is 23.7 Å². The molecule has 0 saturated carbocycles.